The molecule has 0 atom stereocenters. The third-order valence-corrected chi connectivity index (χ3v) is 3.26. The largest absolute Gasteiger partial charge is 0.393 e. The minimum Gasteiger partial charge on any atom is -0.393 e. The van der Waals surface area contributed by atoms with Gasteiger partial charge < -0.3 is 10.7 Å². The standard InChI is InChI=1S/C11H8N4OS/c12-7-5-14-10(15-11(7)16)6-3-9-8(13-4-6)1-2-17-9/h1-5H,12H2,(H,14,15,16). The highest BCUT2D eigenvalue weighted by atomic mass is 32.1. The number of anilines is 1. The summed E-state index contributed by atoms with van der Waals surface area (Å²) in [7, 11) is 0. The molecule has 0 radical (unpaired) electrons. The van der Waals surface area contributed by atoms with E-state index in [2.05, 4.69) is 15.0 Å². The number of thiophene rings is 1. The van der Waals surface area contributed by atoms with Crippen molar-refractivity contribution in [1.82, 2.24) is 15.0 Å². The zero-order valence-electron chi connectivity index (χ0n) is 8.68. The van der Waals surface area contributed by atoms with Crippen molar-refractivity contribution in [3.8, 4) is 11.4 Å². The van der Waals surface area contributed by atoms with Gasteiger partial charge in [-0.25, -0.2) is 4.98 Å². The first-order valence-electron chi connectivity index (χ1n) is 4.92. The lowest BCUT2D eigenvalue weighted by atomic mass is 10.2. The molecule has 0 aliphatic carbocycles. The van der Waals surface area contributed by atoms with Crippen molar-refractivity contribution < 1.29 is 0 Å². The van der Waals surface area contributed by atoms with Crippen LogP contribution in [0.4, 0.5) is 5.69 Å². The van der Waals surface area contributed by atoms with Crippen LogP contribution >= 0.6 is 11.3 Å². The fourth-order valence-corrected chi connectivity index (χ4v) is 2.31. The number of nitrogens with one attached hydrogen (secondary N) is 1. The van der Waals surface area contributed by atoms with Gasteiger partial charge in [0.05, 0.1) is 16.4 Å². The van der Waals surface area contributed by atoms with E-state index in [9.17, 15) is 4.79 Å². The summed E-state index contributed by atoms with van der Waals surface area (Å²) in [5.74, 6) is 0.479. The van der Waals surface area contributed by atoms with Gasteiger partial charge in [-0.2, -0.15) is 0 Å². The van der Waals surface area contributed by atoms with Gasteiger partial charge in [-0.1, -0.05) is 0 Å². The number of nitrogens with two attached hydrogens (primary N) is 1. The zero-order chi connectivity index (χ0) is 11.8. The summed E-state index contributed by atoms with van der Waals surface area (Å²) in [5.41, 5.74) is 6.92. The van der Waals surface area contributed by atoms with E-state index < -0.39 is 0 Å². The van der Waals surface area contributed by atoms with E-state index in [0.717, 1.165) is 15.8 Å². The third kappa shape index (κ3) is 1.68. The molecular formula is C11H8N4OS. The lowest BCUT2D eigenvalue weighted by Gasteiger charge is -2.00. The Labute approximate surface area is 100.0 Å². The van der Waals surface area contributed by atoms with Crippen LogP contribution in [0, 0.1) is 0 Å². The summed E-state index contributed by atoms with van der Waals surface area (Å²) >= 11 is 1.60. The molecule has 0 saturated carbocycles. The summed E-state index contributed by atoms with van der Waals surface area (Å²) in [5, 5.41) is 1.97. The number of pyridine rings is 1. The maximum absolute atomic E-state index is 11.4. The van der Waals surface area contributed by atoms with Crippen molar-refractivity contribution in [2.75, 3.05) is 5.73 Å². The number of rotatable bonds is 1. The minimum absolute atomic E-state index is 0.110. The van der Waals surface area contributed by atoms with Gasteiger partial charge in [0.25, 0.3) is 5.56 Å². The average molecular weight is 244 g/mol. The Bertz CT molecular complexity index is 746. The molecule has 3 N–H and O–H groups in total. The minimum atomic E-state index is -0.332. The highest BCUT2D eigenvalue weighted by molar-refractivity contribution is 7.17. The smallest absolute Gasteiger partial charge is 0.274 e. The number of fused-ring (bicyclic) bond motifs is 1. The summed E-state index contributed by atoms with van der Waals surface area (Å²) in [6, 6.07) is 3.89. The number of aromatic amines is 1. The molecule has 0 unspecified atom stereocenters. The van der Waals surface area contributed by atoms with E-state index in [4.69, 9.17) is 5.73 Å². The molecule has 6 heteroatoms. The van der Waals surface area contributed by atoms with Gasteiger partial charge in [0.15, 0.2) is 0 Å². The van der Waals surface area contributed by atoms with Crippen LogP contribution in [0.25, 0.3) is 21.6 Å². The topological polar surface area (TPSA) is 84.7 Å². The Morgan fingerprint density at radius 3 is 3.00 bits per heavy atom. The average Bonchev–Trinajstić information content (AvgIpc) is 2.79. The quantitative estimate of drug-likeness (QED) is 0.681. The van der Waals surface area contributed by atoms with Crippen LogP contribution in [0.5, 0.6) is 0 Å². The van der Waals surface area contributed by atoms with Crippen molar-refractivity contribution in [2.24, 2.45) is 0 Å². The van der Waals surface area contributed by atoms with Crippen LogP contribution in [0.1, 0.15) is 0 Å². The Hall–Kier alpha value is -2.21. The second kappa shape index (κ2) is 3.67. The van der Waals surface area contributed by atoms with E-state index >= 15 is 0 Å². The number of hydrogen-bond donors (Lipinski definition) is 2. The lowest BCUT2D eigenvalue weighted by Crippen LogP contribution is -2.13. The monoisotopic (exact) mass is 244 g/mol. The van der Waals surface area contributed by atoms with Crippen molar-refractivity contribution in [2.45, 2.75) is 0 Å². The van der Waals surface area contributed by atoms with Crippen molar-refractivity contribution in [3.05, 3.63) is 40.3 Å². The van der Waals surface area contributed by atoms with Crippen LogP contribution in [-0.2, 0) is 0 Å². The molecule has 0 saturated heterocycles. The molecule has 0 aliphatic heterocycles. The van der Waals surface area contributed by atoms with Gasteiger partial charge in [-0.3, -0.25) is 9.78 Å². The van der Waals surface area contributed by atoms with Crippen molar-refractivity contribution in [1.29, 1.82) is 0 Å². The fourth-order valence-electron chi connectivity index (χ4n) is 1.53. The van der Waals surface area contributed by atoms with Gasteiger partial charge >= 0.3 is 0 Å². The number of aromatic nitrogens is 3. The summed E-state index contributed by atoms with van der Waals surface area (Å²) in [6.45, 7) is 0. The molecular weight excluding hydrogens is 236 g/mol. The van der Waals surface area contributed by atoms with Gasteiger partial charge in [0.1, 0.15) is 11.5 Å². The predicted molar refractivity (Wildman–Crippen MR) is 67.9 cm³/mol. The first-order chi connectivity index (χ1) is 8.24. The molecule has 84 valence electrons. The Balaban J connectivity index is 2.19. The lowest BCUT2D eigenvalue weighted by molar-refractivity contribution is 1.13. The summed E-state index contributed by atoms with van der Waals surface area (Å²) in [6.07, 6.45) is 3.04. The highest BCUT2D eigenvalue weighted by Crippen LogP contribution is 2.23. The normalized spacial score (nSPS) is 10.8. The molecule has 5 nitrogen and oxygen atoms in total. The molecule has 0 aliphatic rings. The van der Waals surface area contributed by atoms with Crippen molar-refractivity contribution in [3.63, 3.8) is 0 Å². The first-order valence-corrected chi connectivity index (χ1v) is 5.80. The summed E-state index contributed by atoms with van der Waals surface area (Å²) < 4.78 is 1.06. The number of hydrogen-bond acceptors (Lipinski definition) is 5. The number of nitrogen functional groups attached to an aromatic ring is 1. The third-order valence-electron chi connectivity index (χ3n) is 2.40. The number of nitrogens with zero attached hydrogens (tertiary/aromatic N) is 2. The molecule has 3 rings (SSSR count). The molecule has 0 spiro atoms. The number of H-pyrrole nitrogens is 1. The molecule has 0 amide bonds. The van der Waals surface area contributed by atoms with Crippen LogP contribution in [0.15, 0.2) is 34.7 Å². The Morgan fingerprint density at radius 2 is 2.18 bits per heavy atom. The van der Waals surface area contributed by atoms with Gasteiger partial charge in [0, 0.05) is 11.8 Å². The molecule has 0 bridgehead atoms. The highest BCUT2D eigenvalue weighted by Gasteiger charge is 2.05. The molecule has 0 fully saturated rings. The maximum atomic E-state index is 11.4. The zero-order valence-corrected chi connectivity index (χ0v) is 9.49. The van der Waals surface area contributed by atoms with Gasteiger partial charge in [0.2, 0.25) is 0 Å². The van der Waals surface area contributed by atoms with E-state index in [1.165, 1.54) is 6.20 Å². The SMILES string of the molecule is Nc1cnc(-c2cnc3ccsc3c2)[nH]c1=O. The van der Waals surface area contributed by atoms with Gasteiger partial charge in [-0.05, 0) is 17.5 Å². The van der Waals surface area contributed by atoms with Crippen LogP contribution in [0.3, 0.4) is 0 Å². The Kier molecular flexibility index (Phi) is 2.15. The first kappa shape index (κ1) is 9.98. The van der Waals surface area contributed by atoms with E-state index in [1.807, 2.05) is 17.5 Å². The molecule has 3 heterocycles. The molecule has 17 heavy (non-hydrogen) atoms. The van der Waals surface area contributed by atoms with Gasteiger partial charge in [-0.15, -0.1) is 11.3 Å². The second-order valence-corrected chi connectivity index (χ2v) is 4.49. The van der Waals surface area contributed by atoms with E-state index in [-0.39, 0.29) is 11.2 Å². The molecule has 3 aromatic heterocycles. The van der Waals surface area contributed by atoms with E-state index in [0.29, 0.717) is 5.82 Å². The maximum Gasteiger partial charge on any atom is 0.274 e. The van der Waals surface area contributed by atoms with Crippen LogP contribution < -0.4 is 11.3 Å². The molecule has 3 aromatic rings. The fraction of sp³-hybridized carbons (Fsp3) is 0. The predicted octanol–water partition coefficient (Wildman–Crippen LogP) is 1.63. The van der Waals surface area contributed by atoms with E-state index in [1.54, 1.807) is 17.5 Å². The summed E-state index contributed by atoms with van der Waals surface area (Å²) in [4.78, 5) is 22.4. The van der Waals surface area contributed by atoms with Crippen molar-refractivity contribution >= 4 is 27.2 Å². The van der Waals surface area contributed by atoms with Crippen LogP contribution in [-0.4, -0.2) is 15.0 Å². The Morgan fingerprint density at radius 1 is 1.29 bits per heavy atom. The molecule has 0 aromatic carbocycles. The van der Waals surface area contributed by atoms with Crippen LogP contribution in [0.2, 0.25) is 0 Å². The second-order valence-electron chi connectivity index (χ2n) is 3.54.